The third-order valence-corrected chi connectivity index (χ3v) is 7.97. The number of carbonyl (C=O) groups excluding carboxylic acids is 1. The minimum atomic E-state index is -3.74. The normalized spacial score (nSPS) is 16.6. The molecule has 12 heteroatoms. The van der Waals surface area contributed by atoms with Crippen LogP contribution in [0, 0.1) is 5.82 Å². The van der Waals surface area contributed by atoms with Gasteiger partial charge in [-0.2, -0.15) is 0 Å². The number of carbonyl (C=O) groups is 1. The molecule has 0 radical (unpaired) electrons. The number of aliphatic imine (C=N–C) groups is 1. The van der Waals surface area contributed by atoms with Crippen LogP contribution in [0.5, 0.6) is 11.5 Å². The van der Waals surface area contributed by atoms with Crippen molar-refractivity contribution in [2.75, 3.05) is 56.3 Å². The second-order valence-electron chi connectivity index (χ2n) is 9.78. The van der Waals surface area contributed by atoms with Crippen LogP contribution >= 0.6 is 11.6 Å². The number of hydrogen-bond acceptors (Lipinski definition) is 7. The van der Waals surface area contributed by atoms with Gasteiger partial charge in [-0.1, -0.05) is 17.7 Å². The number of ether oxygens (including phenoxy) is 2. The van der Waals surface area contributed by atoms with Gasteiger partial charge in [0, 0.05) is 35.4 Å². The summed E-state index contributed by atoms with van der Waals surface area (Å²) < 4.78 is 52.8. The summed E-state index contributed by atoms with van der Waals surface area (Å²) in [5.74, 6) is -0.793. The minimum Gasteiger partial charge on any atom is -0.486 e. The molecule has 0 aromatic heterocycles. The van der Waals surface area contributed by atoms with Gasteiger partial charge in [0.15, 0.2) is 11.5 Å². The number of nitrogens with zero attached hydrogens (tertiary/aromatic N) is 3. The van der Waals surface area contributed by atoms with E-state index in [-0.39, 0.29) is 23.8 Å². The fourth-order valence-corrected chi connectivity index (χ4v) is 5.76. The molecular weight excluding hydrogens is 559 g/mol. The Kier molecular flexibility index (Phi) is 7.72. The zero-order chi connectivity index (χ0) is 28.6. The molecule has 1 amide bonds. The Bertz CT molecular complexity index is 1610. The monoisotopic (exact) mass is 586 g/mol. The SMILES string of the molecule is CN(C)CCN(c1ccc(N=C(c2ccc3c(c2)OCCO3)C2C(=O)Nc3cc(Cl)ccc32)cc1F)S(C)(=O)=O. The van der Waals surface area contributed by atoms with Crippen molar-refractivity contribution in [3.63, 3.8) is 0 Å². The highest BCUT2D eigenvalue weighted by atomic mass is 35.5. The van der Waals surface area contributed by atoms with Gasteiger partial charge in [0.1, 0.15) is 24.9 Å². The molecule has 1 N–H and O–H groups in total. The summed E-state index contributed by atoms with van der Waals surface area (Å²) >= 11 is 6.15. The molecule has 2 aliphatic rings. The zero-order valence-corrected chi connectivity index (χ0v) is 23.7. The van der Waals surface area contributed by atoms with Crippen molar-refractivity contribution in [3.05, 3.63) is 76.6 Å². The number of fused-ring (bicyclic) bond motifs is 2. The first-order chi connectivity index (χ1) is 19.0. The molecule has 0 saturated carbocycles. The molecule has 210 valence electrons. The molecule has 3 aromatic rings. The Morgan fingerprint density at radius 1 is 1.05 bits per heavy atom. The highest BCUT2D eigenvalue weighted by molar-refractivity contribution is 7.92. The van der Waals surface area contributed by atoms with E-state index in [0.717, 1.165) is 16.6 Å². The van der Waals surface area contributed by atoms with Gasteiger partial charge in [0.25, 0.3) is 0 Å². The molecule has 0 fully saturated rings. The molecule has 3 aromatic carbocycles. The standard InChI is InChI=1S/C28H28ClFN4O5S/c1-33(2)10-11-34(40(3,36)37)23-8-6-19(16-21(23)30)31-27(17-4-9-24-25(14-17)39-13-12-38-24)26-20-7-5-18(29)15-22(20)32-28(26)35/h4-9,14-16,26H,10-13H2,1-3H3,(H,32,35). The van der Waals surface area contributed by atoms with Crippen molar-refractivity contribution in [1.82, 2.24) is 4.90 Å². The molecule has 40 heavy (non-hydrogen) atoms. The molecule has 9 nitrogen and oxygen atoms in total. The summed E-state index contributed by atoms with van der Waals surface area (Å²) in [6, 6.07) is 14.4. The van der Waals surface area contributed by atoms with Gasteiger partial charge < -0.3 is 19.7 Å². The molecule has 0 spiro atoms. The number of hydrogen-bond donors (Lipinski definition) is 1. The van der Waals surface area contributed by atoms with E-state index in [9.17, 15) is 13.2 Å². The van der Waals surface area contributed by atoms with Crippen LogP contribution in [0.15, 0.2) is 59.6 Å². The lowest BCUT2D eigenvalue weighted by Crippen LogP contribution is -2.36. The summed E-state index contributed by atoms with van der Waals surface area (Å²) in [5.41, 5.74) is 2.31. The first-order valence-electron chi connectivity index (χ1n) is 12.5. The van der Waals surface area contributed by atoms with Crippen LogP contribution < -0.4 is 19.1 Å². The second kappa shape index (κ2) is 11.1. The van der Waals surface area contributed by atoms with E-state index in [4.69, 9.17) is 26.1 Å². The van der Waals surface area contributed by atoms with Crippen LogP contribution in [0.3, 0.4) is 0 Å². The van der Waals surface area contributed by atoms with Crippen molar-refractivity contribution < 1.29 is 27.1 Å². The summed E-state index contributed by atoms with van der Waals surface area (Å²) in [4.78, 5) is 19.8. The molecule has 2 heterocycles. The third-order valence-electron chi connectivity index (χ3n) is 6.56. The van der Waals surface area contributed by atoms with Crippen LogP contribution in [0.4, 0.5) is 21.5 Å². The maximum atomic E-state index is 15.5. The molecule has 0 aliphatic carbocycles. The fraction of sp³-hybridized carbons (Fsp3) is 0.286. The van der Waals surface area contributed by atoms with E-state index in [1.54, 1.807) is 50.5 Å². The first kappa shape index (κ1) is 27.9. The Labute approximate surface area is 237 Å². The molecule has 2 aliphatic heterocycles. The molecule has 0 saturated heterocycles. The highest BCUT2D eigenvalue weighted by Gasteiger charge is 2.36. The van der Waals surface area contributed by atoms with Gasteiger partial charge in [0.05, 0.1) is 23.3 Å². The van der Waals surface area contributed by atoms with E-state index < -0.39 is 21.8 Å². The summed E-state index contributed by atoms with van der Waals surface area (Å²) in [6.45, 7) is 1.29. The van der Waals surface area contributed by atoms with Gasteiger partial charge in [-0.3, -0.25) is 14.1 Å². The quantitative estimate of drug-likeness (QED) is 0.392. The number of nitrogens with one attached hydrogen (secondary N) is 1. The van der Waals surface area contributed by atoms with E-state index in [0.29, 0.717) is 58.8 Å². The minimum absolute atomic E-state index is 0.0788. The molecule has 1 unspecified atom stereocenters. The predicted molar refractivity (Wildman–Crippen MR) is 154 cm³/mol. The number of halogens is 2. The van der Waals surface area contributed by atoms with Gasteiger partial charge >= 0.3 is 0 Å². The van der Waals surface area contributed by atoms with Crippen LogP contribution in [0.2, 0.25) is 5.02 Å². The maximum absolute atomic E-state index is 15.5. The Balaban J connectivity index is 1.60. The average Bonchev–Trinajstić information content (AvgIpc) is 3.21. The molecular formula is C28H28ClFN4O5S. The van der Waals surface area contributed by atoms with Gasteiger partial charge in [-0.05, 0) is 62.1 Å². The Morgan fingerprint density at radius 2 is 1.80 bits per heavy atom. The van der Waals surface area contributed by atoms with E-state index in [1.165, 1.54) is 12.1 Å². The number of sulfonamides is 1. The number of amides is 1. The van der Waals surface area contributed by atoms with Crippen molar-refractivity contribution in [1.29, 1.82) is 0 Å². The molecule has 5 rings (SSSR count). The number of rotatable bonds is 8. The topological polar surface area (TPSA) is 101 Å². The number of likely N-dealkylation sites (N-methyl/N-ethyl adjacent to an activating group) is 1. The van der Waals surface area contributed by atoms with Gasteiger partial charge in [0.2, 0.25) is 15.9 Å². The van der Waals surface area contributed by atoms with Crippen molar-refractivity contribution in [2.24, 2.45) is 4.99 Å². The second-order valence-corrected chi connectivity index (χ2v) is 12.1. The Morgan fingerprint density at radius 3 is 2.50 bits per heavy atom. The van der Waals surface area contributed by atoms with Crippen LogP contribution in [0.25, 0.3) is 0 Å². The van der Waals surface area contributed by atoms with Gasteiger partial charge in [-0.15, -0.1) is 0 Å². The third kappa shape index (κ3) is 5.77. The molecule has 1 atom stereocenters. The average molecular weight is 587 g/mol. The summed E-state index contributed by atoms with van der Waals surface area (Å²) in [5, 5.41) is 3.32. The summed E-state index contributed by atoms with van der Waals surface area (Å²) in [7, 11) is -0.130. The van der Waals surface area contributed by atoms with Crippen molar-refractivity contribution in [3.8, 4) is 11.5 Å². The van der Waals surface area contributed by atoms with E-state index in [2.05, 4.69) is 5.32 Å². The van der Waals surface area contributed by atoms with Crippen molar-refractivity contribution >= 4 is 50.3 Å². The first-order valence-corrected chi connectivity index (χ1v) is 14.7. The maximum Gasteiger partial charge on any atom is 0.238 e. The lowest BCUT2D eigenvalue weighted by Gasteiger charge is -2.24. The fourth-order valence-electron chi connectivity index (χ4n) is 4.67. The van der Waals surface area contributed by atoms with Gasteiger partial charge in [-0.25, -0.2) is 12.8 Å². The Hall–Kier alpha value is -3.67. The van der Waals surface area contributed by atoms with Crippen molar-refractivity contribution in [2.45, 2.75) is 5.92 Å². The number of benzene rings is 3. The lowest BCUT2D eigenvalue weighted by atomic mass is 9.90. The largest absolute Gasteiger partial charge is 0.486 e. The van der Waals surface area contributed by atoms with E-state index in [1.807, 2.05) is 4.90 Å². The highest BCUT2D eigenvalue weighted by Crippen LogP contribution is 2.40. The predicted octanol–water partition coefficient (Wildman–Crippen LogP) is 4.43. The zero-order valence-electron chi connectivity index (χ0n) is 22.1. The summed E-state index contributed by atoms with van der Waals surface area (Å²) in [6.07, 6.45) is 1.04. The molecule has 0 bridgehead atoms. The number of anilines is 2. The van der Waals surface area contributed by atoms with Crippen LogP contribution in [-0.4, -0.2) is 71.6 Å². The lowest BCUT2D eigenvalue weighted by molar-refractivity contribution is -0.115. The van der Waals surface area contributed by atoms with E-state index >= 15 is 4.39 Å². The van der Waals surface area contributed by atoms with Crippen LogP contribution in [-0.2, 0) is 14.8 Å². The van der Waals surface area contributed by atoms with Crippen LogP contribution in [0.1, 0.15) is 17.0 Å². The smallest absolute Gasteiger partial charge is 0.238 e.